The smallest absolute Gasteiger partial charge is 0.283 e. The van der Waals surface area contributed by atoms with Crippen molar-refractivity contribution in [3.8, 4) is 5.75 Å². The van der Waals surface area contributed by atoms with Crippen molar-refractivity contribution in [2.75, 3.05) is 12.8 Å². The molecule has 0 fully saturated rings. The Bertz CT molecular complexity index is 501. The van der Waals surface area contributed by atoms with Crippen LogP contribution >= 0.6 is 11.8 Å². The second-order valence-corrected chi connectivity index (χ2v) is 3.73. The number of aromatic nitrogens is 4. The average molecular weight is 239 g/mol. The summed E-state index contributed by atoms with van der Waals surface area (Å²) in [6.45, 7) is 1.71. The number of ether oxygens (including phenoxy) is 1. The van der Waals surface area contributed by atoms with E-state index in [1.54, 1.807) is 6.92 Å². The number of rotatable bonds is 3. The molecule has 16 heavy (non-hydrogen) atoms. The van der Waals surface area contributed by atoms with Gasteiger partial charge in [0.2, 0.25) is 5.89 Å². The molecule has 0 atom stereocenters. The predicted molar refractivity (Wildman–Crippen MR) is 56.2 cm³/mol. The molecule has 7 nitrogen and oxygen atoms in total. The maximum atomic E-state index is 5.63. The largest absolute Gasteiger partial charge is 0.490 e. The van der Waals surface area contributed by atoms with E-state index in [0.717, 1.165) is 0 Å². The molecule has 0 unspecified atom stereocenters. The SMILES string of the molecule is COc1c(N)ncnc1Sc1nnc(C)o1. The average Bonchev–Trinajstić information content (AvgIpc) is 2.64. The number of aryl methyl sites for hydroxylation is 1. The molecule has 0 radical (unpaired) electrons. The molecule has 8 heteroatoms. The molecule has 0 saturated carbocycles. The van der Waals surface area contributed by atoms with E-state index < -0.39 is 0 Å². The Hall–Kier alpha value is -1.83. The highest BCUT2D eigenvalue weighted by Crippen LogP contribution is 2.34. The molecule has 2 heterocycles. The second-order valence-electron chi connectivity index (χ2n) is 2.79. The zero-order valence-electron chi connectivity index (χ0n) is 8.67. The van der Waals surface area contributed by atoms with Crippen molar-refractivity contribution in [3.63, 3.8) is 0 Å². The normalized spacial score (nSPS) is 10.4. The Balaban J connectivity index is 2.30. The minimum atomic E-state index is 0.274. The lowest BCUT2D eigenvalue weighted by Gasteiger charge is -2.05. The first-order valence-corrected chi connectivity index (χ1v) is 5.14. The first-order valence-electron chi connectivity index (χ1n) is 4.33. The maximum absolute atomic E-state index is 5.63. The van der Waals surface area contributed by atoms with Crippen molar-refractivity contribution in [2.45, 2.75) is 17.2 Å². The number of nitrogens with two attached hydrogens (primary N) is 1. The summed E-state index contributed by atoms with van der Waals surface area (Å²) in [6.07, 6.45) is 1.35. The third-order valence-corrected chi connectivity index (χ3v) is 2.52. The molecule has 0 aliphatic carbocycles. The van der Waals surface area contributed by atoms with E-state index in [-0.39, 0.29) is 5.82 Å². The minimum Gasteiger partial charge on any atom is -0.490 e. The van der Waals surface area contributed by atoms with Crippen molar-refractivity contribution in [1.29, 1.82) is 0 Å². The van der Waals surface area contributed by atoms with E-state index in [1.165, 1.54) is 25.2 Å². The van der Waals surface area contributed by atoms with Crippen molar-refractivity contribution in [1.82, 2.24) is 20.2 Å². The molecule has 2 rings (SSSR count). The van der Waals surface area contributed by atoms with Crippen molar-refractivity contribution >= 4 is 17.6 Å². The van der Waals surface area contributed by atoms with E-state index in [1.807, 2.05) is 0 Å². The molecule has 2 aromatic rings. The summed E-state index contributed by atoms with van der Waals surface area (Å²) in [5, 5.41) is 8.47. The first kappa shape index (κ1) is 10.7. The molecule has 0 saturated heterocycles. The van der Waals surface area contributed by atoms with Gasteiger partial charge in [-0.3, -0.25) is 0 Å². The van der Waals surface area contributed by atoms with Gasteiger partial charge in [0.15, 0.2) is 16.6 Å². The van der Waals surface area contributed by atoms with Gasteiger partial charge < -0.3 is 14.9 Å². The lowest BCUT2D eigenvalue weighted by molar-refractivity contribution is 0.399. The lowest BCUT2D eigenvalue weighted by Crippen LogP contribution is -1.98. The van der Waals surface area contributed by atoms with Gasteiger partial charge in [-0.15, -0.1) is 10.2 Å². The fourth-order valence-electron chi connectivity index (χ4n) is 1.04. The van der Waals surface area contributed by atoms with Gasteiger partial charge in [0.05, 0.1) is 7.11 Å². The molecule has 0 aliphatic rings. The highest BCUT2D eigenvalue weighted by atomic mass is 32.2. The summed E-state index contributed by atoms with van der Waals surface area (Å²) in [5.74, 6) is 1.17. The highest BCUT2D eigenvalue weighted by molar-refractivity contribution is 7.99. The molecular formula is C8H9N5O2S. The van der Waals surface area contributed by atoms with Crippen LogP contribution in [0.1, 0.15) is 5.89 Å². The lowest BCUT2D eigenvalue weighted by atomic mass is 10.5. The number of anilines is 1. The standard InChI is InChI=1S/C8H9N5O2S/c1-4-12-13-8(15-4)16-7-5(14-2)6(9)10-3-11-7/h3H,1-2H3,(H2,9,10,11). The van der Waals surface area contributed by atoms with Crippen LogP contribution in [-0.2, 0) is 0 Å². The van der Waals surface area contributed by atoms with Gasteiger partial charge in [-0.05, 0) is 11.8 Å². The highest BCUT2D eigenvalue weighted by Gasteiger charge is 2.14. The Kier molecular flexibility index (Phi) is 2.91. The Morgan fingerprint density at radius 2 is 2.19 bits per heavy atom. The quantitative estimate of drug-likeness (QED) is 0.789. The fourth-order valence-corrected chi connectivity index (χ4v) is 1.83. The minimum absolute atomic E-state index is 0.274. The third kappa shape index (κ3) is 2.06. The summed E-state index contributed by atoms with van der Waals surface area (Å²) in [7, 11) is 1.50. The van der Waals surface area contributed by atoms with Crippen LogP contribution in [0.25, 0.3) is 0 Å². The number of methoxy groups -OCH3 is 1. The maximum Gasteiger partial charge on any atom is 0.283 e. The Morgan fingerprint density at radius 1 is 1.38 bits per heavy atom. The van der Waals surface area contributed by atoms with Gasteiger partial charge in [-0.2, -0.15) is 0 Å². The number of hydrogen-bond acceptors (Lipinski definition) is 8. The fraction of sp³-hybridized carbons (Fsp3) is 0.250. The molecule has 2 aromatic heterocycles. The van der Waals surface area contributed by atoms with Crippen LogP contribution in [0, 0.1) is 6.92 Å². The zero-order chi connectivity index (χ0) is 11.5. The van der Waals surface area contributed by atoms with Crippen molar-refractivity contribution < 1.29 is 9.15 Å². The molecule has 0 amide bonds. The van der Waals surface area contributed by atoms with Gasteiger partial charge in [-0.25, -0.2) is 9.97 Å². The molecule has 0 bridgehead atoms. The number of nitrogens with zero attached hydrogens (tertiary/aromatic N) is 4. The van der Waals surface area contributed by atoms with Gasteiger partial charge in [0, 0.05) is 6.92 Å². The first-order chi connectivity index (χ1) is 7.70. The van der Waals surface area contributed by atoms with E-state index in [2.05, 4.69) is 20.2 Å². The molecule has 2 N–H and O–H groups in total. The van der Waals surface area contributed by atoms with Crippen LogP contribution in [0.15, 0.2) is 21.0 Å². The van der Waals surface area contributed by atoms with Crippen molar-refractivity contribution in [3.05, 3.63) is 12.2 Å². The Morgan fingerprint density at radius 3 is 2.81 bits per heavy atom. The van der Waals surface area contributed by atoms with Gasteiger partial charge >= 0.3 is 0 Å². The summed E-state index contributed by atoms with van der Waals surface area (Å²) < 4.78 is 10.3. The van der Waals surface area contributed by atoms with Crippen molar-refractivity contribution in [2.24, 2.45) is 0 Å². The number of nitrogen functional groups attached to an aromatic ring is 1. The molecule has 0 aromatic carbocycles. The summed E-state index contributed by atoms with van der Waals surface area (Å²) in [4.78, 5) is 7.85. The molecular weight excluding hydrogens is 230 g/mol. The van der Waals surface area contributed by atoms with E-state index >= 15 is 0 Å². The van der Waals surface area contributed by atoms with Crippen LogP contribution in [-0.4, -0.2) is 27.3 Å². The zero-order valence-corrected chi connectivity index (χ0v) is 9.48. The van der Waals surface area contributed by atoms with Gasteiger partial charge in [-0.1, -0.05) is 0 Å². The summed E-state index contributed by atoms with van der Waals surface area (Å²) in [5.41, 5.74) is 5.63. The topological polar surface area (TPSA) is 100.0 Å². The van der Waals surface area contributed by atoms with E-state index in [9.17, 15) is 0 Å². The summed E-state index contributed by atoms with van der Waals surface area (Å²) in [6, 6.07) is 0. The van der Waals surface area contributed by atoms with Crippen LogP contribution in [0.3, 0.4) is 0 Å². The monoisotopic (exact) mass is 239 g/mol. The second kappa shape index (κ2) is 4.35. The van der Waals surface area contributed by atoms with E-state index in [4.69, 9.17) is 14.9 Å². The molecule has 84 valence electrons. The number of hydrogen-bond donors (Lipinski definition) is 1. The Labute approximate surface area is 95.4 Å². The molecule has 0 aliphatic heterocycles. The van der Waals surface area contributed by atoms with Gasteiger partial charge in [0.25, 0.3) is 5.22 Å². The van der Waals surface area contributed by atoms with Gasteiger partial charge in [0.1, 0.15) is 6.33 Å². The predicted octanol–water partition coefficient (Wildman–Crippen LogP) is 0.910. The third-order valence-electron chi connectivity index (χ3n) is 1.69. The van der Waals surface area contributed by atoms with Crippen LogP contribution in [0.5, 0.6) is 5.75 Å². The van der Waals surface area contributed by atoms with E-state index in [0.29, 0.717) is 21.9 Å². The van der Waals surface area contributed by atoms with Crippen LogP contribution in [0.4, 0.5) is 5.82 Å². The van der Waals surface area contributed by atoms with Crippen LogP contribution < -0.4 is 10.5 Å². The van der Waals surface area contributed by atoms with Crippen LogP contribution in [0.2, 0.25) is 0 Å². The summed E-state index contributed by atoms with van der Waals surface area (Å²) >= 11 is 1.18. The molecule has 0 spiro atoms.